The van der Waals surface area contributed by atoms with Crippen LogP contribution in [0.1, 0.15) is 10.5 Å². The summed E-state index contributed by atoms with van der Waals surface area (Å²) in [4.78, 5) is 16.6. The highest BCUT2D eigenvalue weighted by Crippen LogP contribution is 2.16. The lowest BCUT2D eigenvalue weighted by atomic mass is 10.2. The van der Waals surface area contributed by atoms with E-state index in [0.717, 1.165) is 11.3 Å². The molecule has 122 valence electrons. The molecule has 8 heteroatoms. The zero-order chi connectivity index (χ0) is 16.5. The molecule has 1 saturated heterocycles. The molecule has 1 aliphatic rings. The Morgan fingerprint density at radius 2 is 1.88 bits per heavy atom. The van der Waals surface area contributed by atoms with Crippen LogP contribution in [0.4, 0.5) is 5.82 Å². The summed E-state index contributed by atoms with van der Waals surface area (Å²) in [6.45, 7) is 2.65. The fraction of sp³-hybridized carbons (Fsp3) is 0.250. The fourth-order valence-corrected chi connectivity index (χ4v) is 2.92. The van der Waals surface area contributed by atoms with Crippen molar-refractivity contribution in [3.05, 3.63) is 53.4 Å². The molecule has 1 amide bonds. The highest BCUT2D eigenvalue weighted by molar-refractivity contribution is 6.29. The number of nitrogens with zero attached hydrogens (tertiary/aromatic N) is 6. The molecule has 7 nitrogen and oxygen atoms in total. The number of carbonyl (C=O) groups is 1. The molecule has 0 atom stereocenters. The van der Waals surface area contributed by atoms with E-state index < -0.39 is 0 Å². The minimum Gasteiger partial charge on any atom is -0.352 e. The van der Waals surface area contributed by atoms with Gasteiger partial charge >= 0.3 is 0 Å². The van der Waals surface area contributed by atoms with Crippen molar-refractivity contribution in [2.45, 2.75) is 0 Å². The largest absolute Gasteiger partial charge is 0.352 e. The van der Waals surface area contributed by atoms with Gasteiger partial charge in [0.05, 0.1) is 5.52 Å². The van der Waals surface area contributed by atoms with Crippen molar-refractivity contribution in [1.29, 1.82) is 0 Å². The first-order valence-electron chi connectivity index (χ1n) is 7.68. The summed E-state index contributed by atoms with van der Waals surface area (Å²) in [6.07, 6.45) is 1.84. The second kappa shape index (κ2) is 6.09. The third-order valence-electron chi connectivity index (χ3n) is 4.10. The molecule has 0 saturated carbocycles. The summed E-state index contributed by atoms with van der Waals surface area (Å²) in [5.41, 5.74) is 1.39. The Morgan fingerprint density at radius 1 is 1.04 bits per heavy atom. The third kappa shape index (κ3) is 2.78. The second-order valence-corrected chi connectivity index (χ2v) is 5.98. The molecule has 0 aliphatic carbocycles. The van der Waals surface area contributed by atoms with Crippen LogP contribution in [0.25, 0.3) is 5.52 Å². The molecule has 24 heavy (non-hydrogen) atoms. The number of rotatable bonds is 2. The molecule has 0 N–H and O–H groups in total. The van der Waals surface area contributed by atoms with Crippen LogP contribution in [0.3, 0.4) is 0 Å². The number of anilines is 1. The molecule has 3 aromatic rings. The lowest BCUT2D eigenvalue weighted by Gasteiger charge is -2.34. The van der Waals surface area contributed by atoms with Crippen LogP contribution < -0.4 is 4.90 Å². The fourth-order valence-electron chi connectivity index (χ4n) is 2.82. The van der Waals surface area contributed by atoms with Crippen molar-refractivity contribution in [3.8, 4) is 0 Å². The predicted molar refractivity (Wildman–Crippen MR) is 90.4 cm³/mol. The minimum absolute atomic E-state index is 0.0412. The summed E-state index contributed by atoms with van der Waals surface area (Å²) in [7, 11) is 0. The average Bonchev–Trinajstić information content (AvgIpc) is 3.06. The molecule has 0 radical (unpaired) electrons. The van der Waals surface area contributed by atoms with E-state index in [1.54, 1.807) is 10.6 Å². The number of aromatic nitrogens is 4. The molecule has 3 aromatic heterocycles. The maximum atomic E-state index is 12.6. The van der Waals surface area contributed by atoms with E-state index >= 15 is 0 Å². The van der Waals surface area contributed by atoms with Crippen molar-refractivity contribution in [3.63, 3.8) is 0 Å². The van der Waals surface area contributed by atoms with Gasteiger partial charge in [0.1, 0.15) is 0 Å². The maximum Gasteiger partial charge on any atom is 0.274 e. The minimum atomic E-state index is -0.0412. The Balaban J connectivity index is 1.45. The molecule has 4 heterocycles. The summed E-state index contributed by atoms with van der Waals surface area (Å²) in [6, 6.07) is 11.1. The molecular weight excluding hydrogens is 328 g/mol. The molecule has 1 fully saturated rings. The van der Waals surface area contributed by atoms with Gasteiger partial charge in [0.2, 0.25) is 0 Å². The van der Waals surface area contributed by atoms with E-state index in [4.69, 9.17) is 11.6 Å². The summed E-state index contributed by atoms with van der Waals surface area (Å²) in [5, 5.41) is 12.7. The topological polar surface area (TPSA) is 66.6 Å². The van der Waals surface area contributed by atoms with Gasteiger partial charge in [-0.05, 0) is 30.3 Å². The Morgan fingerprint density at radius 3 is 2.58 bits per heavy atom. The zero-order valence-corrected chi connectivity index (χ0v) is 13.6. The van der Waals surface area contributed by atoms with E-state index in [0.29, 0.717) is 37.0 Å². The average molecular weight is 343 g/mol. The standard InChI is InChI=1S/C16H15ClN6O/c17-14-4-5-15(19-18-14)21-7-9-22(10-8-21)16(24)13-11-12-3-1-2-6-23(12)20-13/h1-6,11H,7-10H2. The van der Waals surface area contributed by atoms with Gasteiger partial charge in [-0.1, -0.05) is 17.7 Å². The monoisotopic (exact) mass is 342 g/mol. The third-order valence-corrected chi connectivity index (χ3v) is 4.30. The number of pyridine rings is 1. The molecule has 1 aliphatic heterocycles. The quantitative estimate of drug-likeness (QED) is 0.709. The first-order valence-corrected chi connectivity index (χ1v) is 8.06. The molecule has 0 aromatic carbocycles. The van der Waals surface area contributed by atoms with Crippen LogP contribution >= 0.6 is 11.6 Å². The van der Waals surface area contributed by atoms with Crippen LogP contribution in [0.5, 0.6) is 0 Å². The number of halogens is 1. The second-order valence-electron chi connectivity index (χ2n) is 5.59. The van der Waals surface area contributed by atoms with Gasteiger partial charge in [0.15, 0.2) is 16.7 Å². The van der Waals surface area contributed by atoms with E-state index in [-0.39, 0.29) is 5.91 Å². The lowest BCUT2D eigenvalue weighted by Crippen LogP contribution is -2.49. The van der Waals surface area contributed by atoms with Gasteiger partial charge in [-0.15, -0.1) is 10.2 Å². The first-order chi connectivity index (χ1) is 11.7. The number of carbonyl (C=O) groups excluding carboxylic acids is 1. The maximum absolute atomic E-state index is 12.6. The van der Waals surface area contributed by atoms with Crippen molar-refractivity contribution in [1.82, 2.24) is 24.7 Å². The Hall–Kier alpha value is -2.67. The van der Waals surface area contributed by atoms with Gasteiger partial charge in [0, 0.05) is 32.4 Å². The van der Waals surface area contributed by atoms with E-state index in [2.05, 4.69) is 20.2 Å². The smallest absolute Gasteiger partial charge is 0.274 e. The van der Waals surface area contributed by atoms with E-state index in [1.807, 2.05) is 41.4 Å². The van der Waals surface area contributed by atoms with Crippen molar-refractivity contribution < 1.29 is 4.79 Å². The van der Waals surface area contributed by atoms with Crippen molar-refractivity contribution >= 4 is 28.8 Å². The number of hydrogen-bond donors (Lipinski definition) is 0. The van der Waals surface area contributed by atoms with Gasteiger partial charge in [-0.3, -0.25) is 4.79 Å². The number of amides is 1. The highest BCUT2D eigenvalue weighted by Gasteiger charge is 2.24. The normalized spacial score (nSPS) is 15.0. The van der Waals surface area contributed by atoms with Gasteiger partial charge in [0.25, 0.3) is 5.91 Å². The molecule has 4 rings (SSSR count). The van der Waals surface area contributed by atoms with Crippen LogP contribution in [0.15, 0.2) is 42.6 Å². The molecule has 0 unspecified atom stereocenters. The SMILES string of the molecule is O=C(c1cc2ccccn2n1)N1CCN(c2ccc(Cl)nn2)CC1. The first kappa shape index (κ1) is 14.9. The zero-order valence-electron chi connectivity index (χ0n) is 12.8. The Bertz CT molecular complexity index is 837. The molecular formula is C16H15ClN6O. The van der Waals surface area contributed by atoms with E-state index in [1.165, 1.54) is 0 Å². The Labute approximate surface area is 143 Å². The number of piperazine rings is 1. The van der Waals surface area contributed by atoms with Crippen molar-refractivity contribution in [2.24, 2.45) is 0 Å². The predicted octanol–water partition coefficient (Wildman–Crippen LogP) is 1.74. The van der Waals surface area contributed by atoms with Crippen LogP contribution in [-0.2, 0) is 0 Å². The van der Waals surface area contributed by atoms with Crippen LogP contribution in [0.2, 0.25) is 5.15 Å². The highest BCUT2D eigenvalue weighted by atomic mass is 35.5. The number of hydrogen-bond acceptors (Lipinski definition) is 5. The van der Waals surface area contributed by atoms with Crippen LogP contribution in [-0.4, -0.2) is 56.8 Å². The summed E-state index contributed by atoms with van der Waals surface area (Å²) < 4.78 is 1.72. The van der Waals surface area contributed by atoms with Gasteiger partial charge < -0.3 is 9.80 Å². The van der Waals surface area contributed by atoms with Crippen LogP contribution in [0, 0.1) is 0 Å². The summed E-state index contributed by atoms with van der Waals surface area (Å²) >= 11 is 5.76. The van der Waals surface area contributed by atoms with Crippen molar-refractivity contribution in [2.75, 3.05) is 31.1 Å². The summed E-state index contributed by atoms with van der Waals surface area (Å²) in [5.74, 6) is 0.736. The van der Waals surface area contributed by atoms with Gasteiger partial charge in [-0.25, -0.2) is 4.52 Å². The lowest BCUT2D eigenvalue weighted by molar-refractivity contribution is 0.0740. The Kier molecular flexibility index (Phi) is 3.78. The molecule has 0 bridgehead atoms. The number of fused-ring (bicyclic) bond motifs is 1. The molecule has 0 spiro atoms. The van der Waals surface area contributed by atoms with Gasteiger partial charge in [-0.2, -0.15) is 5.10 Å². The van der Waals surface area contributed by atoms with E-state index in [9.17, 15) is 4.79 Å².